The van der Waals surface area contributed by atoms with Crippen LogP contribution in [0.25, 0.3) is 5.65 Å². The fourth-order valence-corrected chi connectivity index (χ4v) is 3.21. The third kappa shape index (κ3) is 4.48. The molecule has 0 spiro atoms. The highest BCUT2D eigenvalue weighted by Gasteiger charge is 2.27. The van der Waals surface area contributed by atoms with Gasteiger partial charge in [-0.15, -0.1) is 10.2 Å². The van der Waals surface area contributed by atoms with E-state index < -0.39 is 40.7 Å². The predicted molar refractivity (Wildman–Crippen MR) is 113 cm³/mol. The van der Waals surface area contributed by atoms with Crippen LogP contribution in [0.2, 0.25) is 0 Å². The SMILES string of the molecule is Cc1c(F)c(F)c2nnc(C(COCc3ccccc3)NC(=O)c3ccc(N)nc3)n2c1F. The van der Waals surface area contributed by atoms with E-state index in [9.17, 15) is 18.0 Å². The maximum Gasteiger partial charge on any atom is 0.253 e. The summed E-state index contributed by atoms with van der Waals surface area (Å²) in [6.07, 6.45) is 1.27. The summed E-state index contributed by atoms with van der Waals surface area (Å²) in [6, 6.07) is 11.1. The molecular formula is C22H19F3N6O2. The molecule has 0 saturated heterocycles. The molecule has 8 nitrogen and oxygen atoms in total. The van der Waals surface area contributed by atoms with Crippen LogP contribution in [0.3, 0.4) is 0 Å². The number of carbonyl (C=O) groups is 1. The number of benzene rings is 1. The van der Waals surface area contributed by atoms with Crippen LogP contribution in [0.15, 0.2) is 48.7 Å². The molecule has 0 aliphatic rings. The number of aromatic nitrogens is 4. The number of pyridine rings is 2. The Labute approximate surface area is 186 Å². The van der Waals surface area contributed by atoms with Crippen LogP contribution < -0.4 is 11.1 Å². The van der Waals surface area contributed by atoms with E-state index in [-0.39, 0.29) is 30.4 Å². The summed E-state index contributed by atoms with van der Waals surface area (Å²) in [5.41, 5.74) is 5.42. The quantitative estimate of drug-likeness (QED) is 0.414. The third-order valence-corrected chi connectivity index (χ3v) is 4.97. The number of fused-ring (bicyclic) bond motifs is 1. The molecule has 1 unspecified atom stereocenters. The molecule has 3 N–H and O–H groups in total. The van der Waals surface area contributed by atoms with Gasteiger partial charge in [0, 0.05) is 11.8 Å². The molecule has 4 aromatic rings. The zero-order valence-electron chi connectivity index (χ0n) is 17.4. The van der Waals surface area contributed by atoms with Crippen molar-refractivity contribution in [2.75, 3.05) is 12.3 Å². The lowest BCUT2D eigenvalue weighted by Gasteiger charge is -2.18. The smallest absolute Gasteiger partial charge is 0.253 e. The number of amides is 1. The number of nitrogens with zero attached hydrogens (tertiary/aromatic N) is 4. The van der Waals surface area contributed by atoms with Crippen LogP contribution in [-0.4, -0.2) is 32.1 Å². The highest BCUT2D eigenvalue weighted by molar-refractivity contribution is 5.94. The van der Waals surface area contributed by atoms with E-state index in [1.165, 1.54) is 18.3 Å². The van der Waals surface area contributed by atoms with Crippen LogP contribution >= 0.6 is 0 Å². The van der Waals surface area contributed by atoms with Gasteiger partial charge in [-0.1, -0.05) is 30.3 Å². The van der Waals surface area contributed by atoms with Crippen LogP contribution in [0.4, 0.5) is 19.0 Å². The van der Waals surface area contributed by atoms with Crippen LogP contribution in [0.1, 0.15) is 33.4 Å². The van der Waals surface area contributed by atoms with E-state index in [2.05, 4.69) is 20.5 Å². The molecule has 0 radical (unpaired) electrons. The molecular weight excluding hydrogens is 437 g/mol. The van der Waals surface area contributed by atoms with Gasteiger partial charge in [0.2, 0.25) is 17.4 Å². The van der Waals surface area contributed by atoms with E-state index in [4.69, 9.17) is 10.5 Å². The van der Waals surface area contributed by atoms with Crippen LogP contribution in [0.5, 0.6) is 0 Å². The number of halogens is 3. The fraction of sp³-hybridized carbons (Fsp3) is 0.182. The molecule has 1 amide bonds. The van der Waals surface area contributed by atoms with Gasteiger partial charge in [-0.2, -0.15) is 8.78 Å². The Kier molecular flexibility index (Phi) is 6.22. The zero-order valence-corrected chi connectivity index (χ0v) is 17.4. The van der Waals surface area contributed by atoms with Crippen molar-refractivity contribution in [3.8, 4) is 0 Å². The lowest BCUT2D eigenvalue weighted by molar-refractivity contribution is 0.0781. The van der Waals surface area contributed by atoms with Crippen molar-refractivity contribution < 1.29 is 22.7 Å². The molecule has 170 valence electrons. The monoisotopic (exact) mass is 456 g/mol. The molecule has 3 heterocycles. The molecule has 0 saturated carbocycles. The number of anilines is 1. The summed E-state index contributed by atoms with van der Waals surface area (Å²) in [6.45, 7) is 1.13. The number of ether oxygens (including phenoxy) is 1. The predicted octanol–water partition coefficient (Wildman–Crippen LogP) is 3.12. The standard InChI is InChI=1S/C22H19F3N6O2/c1-12-17(23)18(24)21-30-29-20(31(21)19(12)25)15(11-33-10-13-5-3-2-4-6-13)28-22(32)14-7-8-16(26)27-9-14/h2-9,15H,10-11H2,1H3,(H2,26,27)(H,28,32). The van der Waals surface area contributed by atoms with Gasteiger partial charge in [0.25, 0.3) is 5.91 Å². The van der Waals surface area contributed by atoms with E-state index in [0.29, 0.717) is 0 Å². The number of hydrogen-bond acceptors (Lipinski definition) is 6. The Balaban J connectivity index is 1.67. The maximum absolute atomic E-state index is 14.9. The number of rotatable bonds is 7. The first-order valence-electron chi connectivity index (χ1n) is 9.89. The summed E-state index contributed by atoms with van der Waals surface area (Å²) in [5, 5.41) is 10.1. The molecule has 0 aliphatic heterocycles. The van der Waals surface area contributed by atoms with Crippen molar-refractivity contribution in [1.82, 2.24) is 24.9 Å². The lowest BCUT2D eigenvalue weighted by Crippen LogP contribution is -2.33. The Hall–Kier alpha value is -3.99. The second kappa shape index (κ2) is 9.25. The highest BCUT2D eigenvalue weighted by Crippen LogP contribution is 2.23. The number of nitrogens with two attached hydrogens (primary N) is 1. The molecule has 0 fully saturated rings. The summed E-state index contributed by atoms with van der Waals surface area (Å²) in [4.78, 5) is 16.6. The first kappa shape index (κ1) is 22.2. The van der Waals surface area contributed by atoms with Crippen LogP contribution in [0, 0.1) is 24.5 Å². The van der Waals surface area contributed by atoms with Crippen molar-refractivity contribution in [2.45, 2.75) is 19.6 Å². The Morgan fingerprint density at radius 3 is 2.58 bits per heavy atom. The normalized spacial score (nSPS) is 12.1. The summed E-state index contributed by atoms with van der Waals surface area (Å²) in [5.74, 6) is -4.28. The van der Waals surface area contributed by atoms with E-state index in [1.807, 2.05) is 30.3 Å². The van der Waals surface area contributed by atoms with Gasteiger partial charge in [-0.25, -0.2) is 13.8 Å². The summed E-state index contributed by atoms with van der Waals surface area (Å²) in [7, 11) is 0. The molecule has 1 aromatic carbocycles. The first-order valence-corrected chi connectivity index (χ1v) is 9.89. The van der Waals surface area contributed by atoms with Gasteiger partial charge in [0.05, 0.1) is 18.8 Å². The number of nitrogen functional groups attached to an aromatic ring is 1. The minimum atomic E-state index is -1.35. The average Bonchev–Trinajstić information content (AvgIpc) is 3.27. The van der Waals surface area contributed by atoms with Crippen molar-refractivity contribution in [3.05, 3.63) is 88.8 Å². The van der Waals surface area contributed by atoms with Crippen molar-refractivity contribution in [3.63, 3.8) is 0 Å². The first-order chi connectivity index (χ1) is 15.9. The number of hydrogen-bond donors (Lipinski definition) is 2. The maximum atomic E-state index is 14.9. The van der Waals surface area contributed by atoms with Crippen molar-refractivity contribution >= 4 is 17.4 Å². The van der Waals surface area contributed by atoms with Gasteiger partial charge in [-0.3, -0.25) is 4.79 Å². The van der Waals surface area contributed by atoms with Gasteiger partial charge in [-0.05, 0) is 24.6 Å². The lowest BCUT2D eigenvalue weighted by atomic mass is 10.2. The molecule has 4 rings (SSSR count). The molecule has 11 heteroatoms. The Morgan fingerprint density at radius 2 is 1.88 bits per heavy atom. The van der Waals surface area contributed by atoms with E-state index in [0.717, 1.165) is 16.9 Å². The number of nitrogens with one attached hydrogen (secondary N) is 1. The highest BCUT2D eigenvalue weighted by atomic mass is 19.2. The van der Waals surface area contributed by atoms with Gasteiger partial charge in [0.15, 0.2) is 11.6 Å². The summed E-state index contributed by atoms with van der Waals surface area (Å²) < 4.78 is 49.7. The molecule has 1 atom stereocenters. The second-order valence-corrected chi connectivity index (χ2v) is 7.26. The minimum absolute atomic E-state index is 0.151. The van der Waals surface area contributed by atoms with E-state index >= 15 is 0 Å². The Morgan fingerprint density at radius 1 is 1.12 bits per heavy atom. The molecule has 33 heavy (non-hydrogen) atoms. The Bertz CT molecular complexity index is 1300. The number of carbonyl (C=O) groups excluding carboxylic acids is 1. The fourth-order valence-electron chi connectivity index (χ4n) is 3.21. The third-order valence-electron chi connectivity index (χ3n) is 4.97. The molecule has 0 aliphatic carbocycles. The van der Waals surface area contributed by atoms with Gasteiger partial charge < -0.3 is 15.8 Å². The summed E-state index contributed by atoms with van der Waals surface area (Å²) >= 11 is 0. The van der Waals surface area contributed by atoms with Crippen LogP contribution in [-0.2, 0) is 11.3 Å². The molecule has 0 bridgehead atoms. The topological polar surface area (TPSA) is 107 Å². The second-order valence-electron chi connectivity index (χ2n) is 7.26. The minimum Gasteiger partial charge on any atom is -0.384 e. The molecule has 3 aromatic heterocycles. The zero-order chi connectivity index (χ0) is 23.5. The van der Waals surface area contributed by atoms with Gasteiger partial charge in [0.1, 0.15) is 11.9 Å². The van der Waals surface area contributed by atoms with E-state index in [1.54, 1.807) is 0 Å². The average molecular weight is 456 g/mol. The largest absolute Gasteiger partial charge is 0.384 e. The van der Waals surface area contributed by atoms with Crippen molar-refractivity contribution in [1.29, 1.82) is 0 Å². The van der Waals surface area contributed by atoms with Crippen molar-refractivity contribution in [2.24, 2.45) is 0 Å². The van der Waals surface area contributed by atoms with Gasteiger partial charge >= 0.3 is 0 Å².